The zero-order valence-electron chi connectivity index (χ0n) is 13.2. The van der Waals surface area contributed by atoms with Gasteiger partial charge in [-0.25, -0.2) is 8.78 Å². The number of halogens is 3. The first-order valence-corrected chi connectivity index (χ1v) is 7.33. The monoisotopic (exact) mass is 356 g/mol. The lowest BCUT2D eigenvalue weighted by molar-refractivity contribution is 0.0948. The van der Waals surface area contributed by atoms with Crippen LogP contribution in [0.4, 0.5) is 8.78 Å². The minimum atomic E-state index is -0.912. The lowest BCUT2D eigenvalue weighted by Crippen LogP contribution is -2.31. The summed E-state index contributed by atoms with van der Waals surface area (Å²) in [6.07, 6.45) is 0. The van der Waals surface area contributed by atoms with Gasteiger partial charge in [0.05, 0.1) is 12.1 Å². The number of benzene rings is 1. The Morgan fingerprint density at radius 3 is 2.62 bits per heavy atom. The smallest absolute Gasteiger partial charge is 0.261 e. The second-order valence-electron chi connectivity index (χ2n) is 5.12. The van der Waals surface area contributed by atoms with Gasteiger partial charge in [-0.05, 0) is 31.5 Å². The summed E-state index contributed by atoms with van der Waals surface area (Å²) in [6, 6.07) is 2.18. The summed E-state index contributed by atoms with van der Waals surface area (Å²) in [6.45, 7) is 2.67. The fraction of sp³-hybridized carbons (Fsp3) is 0.250. The van der Waals surface area contributed by atoms with E-state index >= 15 is 0 Å². The van der Waals surface area contributed by atoms with Gasteiger partial charge < -0.3 is 15.0 Å². The van der Waals surface area contributed by atoms with Crippen LogP contribution in [0.2, 0.25) is 5.02 Å². The van der Waals surface area contributed by atoms with Crippen LogP contribution in [-0.2, 0) is 6.54 Å². The number of carbonyl (C=O) groups is 1. The van der Waals surface area contributed by atoms with E-state index in [4.69, 9.17) is 16.3 Å². The van der Waals surface area contributed by atoms with Crippen LogP contribution in [0.1, 0.15) is 27.2 Å². The molecule has 0 unspecified atom stereocenters. The van der Waals surface area contributed by atoms with E-state index in [0.29, 0.717) is 11.3 Å². The number of H-pyrrole nitrogens is 1. The largest absolute Gasteiger partial charge is 0.494 e. The van der Waals surface area contributed by atoms with Crippen molar-refractivity contribution in [2.24, 2.45) is 0 Å². The Kier molecular flexibility index (Phi) is 5.23. The molecule has 0 atom stereocenters. The molecule has 0 aliphatic carbocycles. The summed E-state index contributed by atoms with van der Waals surface area (Å²) in [7, 11) is 1.25. The van der Waals surface area contributed by atoms with Crippen LogP contribution in [0.25, 0.3) is 0 Å². The molecule has 128 valence electrons. The maximum absolute atomic E-state index is 14.1. The zero-order valence-corrected chi connectivity index (χ0v) is 14.0. The molecule has 1 aromatic carbocycles. The highest BCUT2D eigenvalue weighted by Gasteiger charge is 2.20. The predicted molar refractivity (Wildman–Crippen MR) is 85.6 cm³/mol. The number of rotatable bonds is 4. The summed E-state index contributed by atoms with van der Waals surface area (Å²) >= 11 is 6.02. The summed E-state index contributed by atoms with van der Waals surface area (Å²) in [5.74, 6) is -2.67. The molecule has 1 heterocycles. The summed E-state index contributed by atoms with van der Waals surface area (Å²) in [5, 5.41) is 2.57. The number of nitrogens with one attached hydrogen (secondary N) is 2. The van der Waals surface area contributed by atoms with Crippen molar-refractivity contribution in [3.63, 3.8) is 0 Å². The Balaban J connectivity index is 2.31. The third-order valence-corrected chi connectivity index (χ3v) is 4.15. The molecule has 0 saturated heterocycles. The standard InChI is InChI=1S/C16H15ClF2N2O3/c1-7-12(16(23)21-8(2)13(7)17)15(22)20-6-9-10(18)4-5-11(24-3)14(9)19/h4-5H,6H2,1-3H3,(H,20,22)(H,21,23). The first-order chi connectivity index (χ1) is 11.3. The Bertz CT molecular complexity index is 865. The van der Waals surface area contributed by atoms with Gasteiger partial charge in [0.15, 0.2) is 11.6 Å². The number of pyridine rings is 1. The minimum absolute atomic E-state index is 0.145. The fourth-order valence-electron chi connectivity index (χ4n) is 2.28. The van der Waals surface area contributed by atoms with E-state index in [1.807, 2.05) is 0 Å². The van der Waals surface area contributed by atoms with Crippen LogP contribution in [0.15, 0.2) is 16.9 Å². The third-order valence-electron chi connectivity index (χ3n) is 3.58. The minimum Gasteiger partial charge on any atom is -0.494 e. The molecule has 8 heteroatoms. The van der Waals surface area contributed by atoms with E-state index in [1.165, 1.54) is 14.0 Å². The second-order valence-corrected chi connectivity index (χ2v) is 5.50. The molecule has 0 fully saturated rings. The van der Waals surface area contributed by atoms with Crippen molar-refractivity contribution in [2.45, 2.75) is 20.4 Å². The van der Waals surface area contributed by atoms with E-state index in [9.17, 15) is 18.4 Å². The molecule has 0 spiro atoms. The lowest BCUT2D eigenvalue weighted by Gasteiger charge is -2.12. The number of hydrogen-bond donors (Lipinski definition) is 2. The average Bonchev–Trinajstić information content (AvgIpc) is 2.52. The maximum atomic E-state index is 14.1. The van der Waals surface area contributed by atoms with Gasteiger partial charge in [0.25, 0.3) is 11.5 Å². The van der Waals surface area contributed by atoms with E-state index in [-0.39, 0.29) is 21.9 Å². The number of ether oxygens (including phenoxy) is 1. The molecular weight excluding hydrogens is 342 g/mol. The number of aryl methyl sites for hydroxylation is 1. The molecule has 0 aliphatic rings. The Morgan fingerprint density at radius 1 is 1.33 bits per heavy atom. The van der Waals surface area contributed by atoms with Gasteiger partial charge in [-0.2, -0.15) is 0 Å². The average molecular weight is 357 g/mol. The van der Waals surface area contributed by atoms with E-state index in [2.05, 4.69) is 10.3 Å². The number of amides is 1. The lowest BCUT2D eigenvalue weighted by atomic mass is 10.1. The molecular formula is C16H15ClF2N2O3. The van der Waals surface area contributed by atoms with Crippen LogP contribution in [-0.4, -0.2) is 18.0 Å². The third kappa shape index (κ3) is 3.26. The van der Waals surface area contributed by atoms with Gasteiger partial charge in [-0.15, -0.1) is 0 Å². The maximum Gasteiger partial charge on any atom is 0.261 e. The fourth-order valence-corrected chi connectivity index (χ4v) is 2.42. The van der Waals surface area contributed by atoms with Crippen molar-refractivity contribution in [1.29, 1.82) is 0 Å². The number of hydrogen-bond acceptors (Lipinski definition) is 3. The second kappa shape index (κ2) is 7.00. The number of aromatic amines is 1. The van der Waals surface area contributed by atoms with Crippen molar-refractivity contribution >= 4 is 17.5 Å². The number of carbonyl (C=O) groups excluding carboxylic acids is 1. The van der Waals surface area contributed by atoms with Crippen molar-refractivity contribution in [2.75, 3.05) is 7.11 Å². The first kappa shape index (κ1) is 17.9. The topological polar surface area (TPSA) is 71.2 Å². The Labute approximate surface area is 141 Å². The predicted octanol–water partition coefficient (Wildman–Crippen LogP) is 2.86. The molecule has 0 saturated carbocycles. The van der Waals surface area contributed by atoms with E-state index < -0.39 is 29.6 Å². The van der Waals surface area contributed by atoms with Crippen molar-refractivity contribution in [1.82, 2.24) is 10.3 Å². The molecule has 5 nitrogen and oxygen atoms in total. The quantitative estimate of drug-likeness (QED) is 0.885. The number of aromatic nitrogens is 1. The normalized spacial score (nSPS) is 10.6. The number of methoxy groups -OCH3 is 1. The zero-order chi connectivity index (χ0) is 18.0. The highest BCUT2D eigenvalue weighted by molar-refractivity contribution is 6.32. The van der Waals surface area contributed by atoms with Gasteiger partial charge in [-0.1, -0.05) is 11.6 Å². The van der Waals surface area contributed by atoms with Crippen LogP contribution in [0.3, 0.4) is 0 Å². The van der Waals surface area contributed by atoms with Crippen molar-refractivity contribution < 1.29 is 18.3 Å². The molecule has 2 aromatic rings. The molecule has 24 heavy (non-hydrogen) atoms. The van der Waals surface area contributed by atoms with Crippen LogP contribution in [0, 0.1) is 25.5 Å². The van der Waals surface area contributed by atoms with Crippen LogP contribution < -0.4 is 15.6 Å². The molecule has 1 amide bonds. The van der Waals surface area contributed by atoms with Gasteiger partial charge in [0.1, 0.15) is 11.4 Å². The van der Waals surface area contributed by atoms with Crippen LogP contribution in [0.5, 0.6) is 5.75 Å². The summed E-state index contributed by atoms with van der Waals surface area (Å²) in [5.41, 5.74) is -0.467. The van der Waals surface area contributed by atoms with E-state index in [1.54, 1.807) is 6.92 Å². The van der Waals surface area contributed by atoms with Gasteiger partial charge in [0.2, 0.25) is 0 Å². The van der Waals surface area contributed by atoms with Crippen LogP contribution >= 0.6 is 11.6 Å². The summed E-state index contributed by atoms with van der Waals surface area (Å²) in [4.78, 5) is 26.6. The van der Waals surface area contributed by atoms with Crippen molar-refractivity contribution in [3.05, 3.63) is 61.5 Å². The van der Waals surface area contributed by atoms with Gasteiger partial charge >= 0.3 is 0 Å². The van der Waals surface area contributed by atoms with Crippen molar-refractivity contribution in [3.8, 4) is 5.75 Å². The SMILES string of the molecule is COc1ccc(F)c(CNC(=O)c2c(C)c(Cl)c(C)[nH]c2=O)c1F. The molecule has 0 aliphatic heterocycles. The molecule has 2 rings (SSSR count). The first-order valence-electron chi connectivity index (χ1n) is 6.96. The summed E-state index contributed by atoms with van der Waals surface area (Å²) < 4.78 is 32.6. The Hall–Kier alpha value is -2.41. The van der Waals surface area contributed by atoms with E-state index in [0.717, 1.165) is 12.1 Å². The van der Waals surface area contributed by atoms with Gasteiger partial charge in [-0.3, -0.25) is 9.59 Å². The highest BCUT2D eigenvalue weighted by atomic mass is 35.5. The molecule has 1 aromatic heterocycles. The van der Waals surface area contributed by atoms with Gasteiger partial charge in [0, 0.05) is 17.8 Å². The molecule has 0 radical (unpaired) electrons. The molecule has 0 bridgehead atoms. The molecule has 2 N–H and O–H groups in total. The Morgan fingerprint density at radius 2 is 2.00 bits per heavy atom. The highest BCUT2D eigenvalue weighted by Crippen LogP contribution is 2.23.